The van der Waals surface area contributed by atoms with Gasteiger partial charge in [-0.05, 0) is 49.7 Å². The van der Waals surface area contributed by atoms with Crippen molar-refractivity contribution in [2.75, 3.05) is 31.1 Å². The molecule has 0 amide bonds. The molecule has 0 aromatic heterocycles. The van der Waals surface area contributed by atoms with Gasteiger partial charge in [-0.1, -0.05) is 29.8 Å². The lowest BCUT2D eigenvalue weighted by Gasteiger charge is -2.34. The molecule has 2 heterocycles. The largest absolute Gasteiger partial charge is 0.388 e. The molecule has 3 nitrogen and oxygen atoms in total. The number of halogens is 1. The van der Waals surface area contributed by atoms with Crippen LogP contribution < -0.4 is 5.32 Å². The van der Waals surface area contributed by atoms with E-state index in [2.05, 4.69) is 22.3 Å². The number of nitrogens with zero attached hydrogens (tertiary/aromatic N) is 1. The lowest BCUT2D eigenvalue weighted by molar-refractivity contribution is 0.0603. The van der Waals surface area contributed by atoms with Gasteiger partial charge in [0.15, 0.2) is 0 Å². The van der Waals surface area contributed by atoms with E-state index in [-0.39, 0.29) is 0 Å². The average molecular weight is 341 g/mol. The molecule has 2 aliphatic rings. The van der Waals surface area contributed by atoms with Crippen LogP contribution in [0.3, 0.4) is 0 Å². The molecule has 22 heavy (non-hydrogen) atoms. The molecule has 0 aliphatic carbocycles. The Labute approximate surface area is 142 Å². The second kappa shape index (κ2) is 7.54. The van der Waals surface area contributed by atoms with Gasteiger partial charge in [0.05, 0.1) is 5.60 Å². The molecule has 2 saturated heterocycles. The lowest BCUT2D eigenvalue weighted by atomic mass is 10.0. The summed E-state index contributed by atoms with van der Waals surface area (Å²) < 4.78 is 0. The highest BCUT2D eigenvalue weighted by Crippen LogP contribution is 2.27. The Bertz CT molecular complexity index is 485. The Balaban J connectivity index is 1.42. The third-order valence-electron chi connectivity index (χ3n) is 4.74. The predicted molar refractivity (Wildman–Crippen MR) is 94.6 cm³/mol. The second-order valence-electron chi connectivity index (χ2n) is 6.55. The highest BCUT2D eigenvalue weighted by Gasteiger charge is 2.32. The zero-order chi connectivity index (χ0) is 15.4. The number of hydrogen-bond acceptors (Lipinski definition) is 4. The molecular weight excluding hydrogens is 316 g/mol. The summed E-state index contributed by atoms with van der Waals surface area (Å²) in [4.78, 5) is 2.47. The molecule has 2 N–H and O–H groups in total. The quantitative estimate of drug-likeness (QED) is 0.864. The fourth-order valence-electron chi connectivity index (χ4n) is 3.23. The van der Waals surface area contributed by atoms with Gasteiger partial charge >= 0.3 is 0 Å². The molecule has 0 saturated carbocycles. The maximum Gasteiger partial charge on any atom is 0.0869 e. The Morgan fingerprint density at radius 1 is 1.32 bits per heavy atom. The smallest absolute Gasteiger partial charge is 0.0869 e. The van der Waals surface area contributed by atoms with Crippen LogP contribution in [0.25, 0.3) is 0 Å². The maximum atomic E-state index is 10.4. The molecule has 1 atom stereocenters. The van der Waals surface area contributed by atoms with Gasteiger partial charge in [-0.25, -0.2) is 0 Å². The predicted octanol–water partition coefficient (Wildman–Crippen LogP) is 2.76. The van der Waals surface area contributed by atoms with E-state index in [0.29, 0.717) is 6.04 Å². The SMILES string of the molecule is OC1(CNC2CCN(Cc3ccccc3Cl)CC2)CCSC1. The molecule has 2 aliphatic heterocycles. The van der Waals surface area contributed by atoms with Crippen molar-refractivity contribution >= 4 is 23.4 Å². The van der Waals surface area contributed by atoms with Crippen molar-refractivity contribution in [1.29, 1.82) is 0 Å². The number of nitrogens with one attached hydrogen (secondary N) is 1. The summed E-state index contributed by atoms with van der Waals surface area (Å²) in [5, 5.41) is 14.8. The van der Waals surface area contributed by atoms with Crippen LogP contribution in [-0.4, -0.2) is 52.8 Å². The van der Waals surface area contributed by atoms with Crippen LogP contribution in [0.5, 0.6) is 0 Å². The van der Waals surface area contributed by atoms with E-state index in [1.54, 1.807) is 0 Å². The zero-order valence-corrected chi connectivity index (χ0v) is 14.5. The van der Waals surface area contributed by atoms with Gasteiger partial charge in [-0.2, -0.15) is 11.8 Å². The molecule has 122 valence electrons. The number of hydrogen-bond donors (Lipinski definition) is 2. The van der Waals surface area contributed by atoms with Crippen LogP contribution in [0.2, 0.25) is 5.02 Å². The standard InChI is InChI=1S/C17H25ClN2OS/c18-16-4-2-1-3-14(16)11-20-8-5-15(6-9-20)19-12-17(21)7-10-22-13-17/h1-4,15,19,21H,5-13H2. The Morgan fingerprint density at radius 3 is 2.77 bits per heavy atom. The van der Waals surface area contributed by atoms with E-state index >= 15 is 0 Å². The van der Waals surface area contributed by atoms with E-state index in [4.69, 9.17) is 11.6 Å². The molecule has 2 fully saturated rings. The third kappa shape index (κ3) is 4.39. The summed E-state index contributed by atoms with van der Waals surface area (Å²) in [6, 6.07) is 8.65. The van der Waals surface area contributed by atoms with Gasteiger partial charge in [0, 0.05) is 29.9 Å². The van der Waals surface area contributed by atoms with Crippen molar-refractivity contribution < 1.29 is 5.11 Å². The lowest BCUT2D eigenvalue weighted by Crippen LogP contribution is -2.48. The molecule has 0 radical (unpaired) electrons. The van der Waals surface area contributed by atoms with Crippen LogP contribution in [0.1, 0.15) is 24.8 Å². The molecular formula is C17H25ClN2OS. The molecule has 1 aromatic carbocycles. The minimum absolute atomic E-state index is 0.473. The van der Waals surface area contributed by atoms with E-state index < -0.39 is 5.60 Å². The van der Waals surface area contributed by atoms with Crippen LogP contribution in [-0.2, 0) is 6.54 Å². The summed E-state index contributed by atoms with van der Waals surface area (Å²) in [7, 11) is 0. The van der Waals surface area contributed by atoms with E-state index in [1.807, 2.05) is 23.9 Å². The number of thioether (sulfide) groups is 1. The summed E-state index contributed by atoms with van der Waals surface area (Å²) in [6.45, 7) is 3.87. The highest BCUT2D eigenvalue weighted by atomic mass is 35.5. The first-order valence-corrected chi connectivity index (χ1v) is 9.67. The van der Waals surface area contributed by atoms with Gasteiger partial charge in [0.1, 0.15) is 0 Å². The Kier molecular flexibility index (Phi) is 5.69. The van der Waals surface area contributed by atoms with Crippen LogP contribution >= 0.6 is 23.4 Å². The Hall–Kier alpha value is -0.260. The number of aliphatic hydroxyl groups is 1. The van der Waals surface area contributed by atoms with Crippen LogP contribution in [0, 0.1) is 0 Å². The average Bonchev–Trinajstić information content (AvgIpc) is 2.96. The van der Waals surface area contributed by atoms with E-state index in [0.717, 1.165) is 62.0 Å². The number of piperidine rings is 1. The summed E-state index contributed by atoms with van der Waals surface area (Å²) >= 11 is 8.10. The minimum Gasteiger partial charge on any atom is -0.388 e. The summed E-state index contributed by atoms with van der Waals surface area (Å²) in [5.74, 6) is 1.97. The first kappa shape index (κ1) is 16.6. The topological polar surface area (TPSA) is 35.5 Å². The van der Waals surface area contributed by atoms with Gasteiger partial charge in [-0.15, -0.1) is 0 Å². The third-order valence-corrected chi connectivity index (χ3v) is 6.34. The normalized spacial score (nSPS) is 27.4. The number of benzene rings is 1. The minimum atomic E-state index is -0.473. The highest BCUT2D eigenvalue weighted by molar-refractivity contribution is 7.99. The van der Waals surface area contributed by atoms with E-state index in [1.165, 1.54) is 5.56 Å². The van der Waals surface area contributed by atoms with Crippen molar-refractivity contribution in [2.45, 2.75) is 37.5 Å². The molecule has 0 spiro atoms. The number of likely N-dealkylation sites (tertiary alicyclic amines) is 1. The number of rotatable bonds is 5. The summed E-state index contributed by atoms with van der Waals surface area (Å²) in [6.07, 6.45) is 3.22. The van der Waals surface area contributed by atoms with Gasteiger partial charge in [0.2, 0.25) is 0 Å². The second-order valence-corrected chi connectivity index (χ2v) is 8.06. The van der Waals surface area contributed by atoms with Gasteiger partial charge in [-0.3, -0.25) is 4.90 Å². The van der Waals surface area contributed by atoms with Gasteiger partial charge in [0.25, 0.3) is 0 Å². The first-order chi connectivity index (χ1) is 10.6. The fraction of sp³-hybridized carbons (Fsp3) is 0.647. The molecule has 3 rings (SSSR count). The monoisotopic (exact) mass is 340 g/mol. The van der Waals surface area contributed by atoms with E-state index in [9.17, 15) is 5.11 Å². The molecule has 5 heteroatoms. The van der Waals surface area contributed by atoms with Crippen molar-refractivity contribution in [3.05, 3.63) is 34.9 Å². The molecule has 1 aromatic rings. The van der Waals surface area contributed by atoms with Crippen LogP contribution in [0.15, 0.2) is 24.3 Å². The Morgan fingerprint density at radius 2 is 2.09 bits per heavy atom. The zero-order valence-electron chi connectivity index (χ0n) is 12.9. The summed E-state index contributed by atoms with van der Waals surface area (Å²) in [5.41, 5.74) is 0.743. The van der Waals surface area contributed by atoms with Crippen molar-refractivity contribution in [3.8, 4) is 0 Å². The first-order valence-electron chi connectivity index (χ1n) is 8.14. The fourth-order valence-corrected chi connectivity index (χ4v) is 4.72. The van der Waals surface area contributed by atoms with Crippen molar-refractivity contribution in [1.82, 2.24) is 10.2 Å². The maximum absolute atomic E-state index is 10.4. The van der Waals surface area contributed by atoms with Crippen LogP contribution in [0.4, 0.5) is 0 Å². The van der Waals surface area contributed by atoms with Gasteiger partial charge < -0.3 is 10.4 Å². The van der Waals surface area contributed by atoms with Crippen molar-refractivity contribution in [2.24, 2.45) is 0 Å². The molecule has 1 unspecified atom stereocenters. The molecule has 0 bridgehead atoms. The van der Waals surface area contributed by atoms with Crippen molar-refractivity contribution in [3.63, 3.8) is 0 Å².